The summed E-state index contributed by atoms with van der Waals surface area (Å²) in [5.41, 5.74) is 1.41. The van der Waals surface area contributed by atoms with Crippen molar-refractivity contribution in [1.29, 1.82) is 0 Å². The van der Waals surface area contributed by atoms with E-state index in [1.165, 1.54) is 0 Å². The first-order valence-corrected chi connectivity index (χ1v) is 5.53. The molecular weight excluding hydrogens is 255 g/mol. The van der Waals surface area contributed by atoms with Crippen molar-refractivity contribution in [2.45, 2.75) is 0 Å². The smallest absolute Gasteiger partial charge is 0.251 e. The molecule has 6 heteroatoms. The van der Waals surface area contributed by atoms with Crippen LogP contribution in [0.5, 0.6) is 0 Å². The molecule has 19 heavy (non-hydrogen) atoms. The quantitative estimate of drug-likeness (QED) is 0.865. The van der Waals surface area contributed by atoms with Gasteiger partial charge >= 0.3 is 0 Å². The molecule has 0 radical (unpaired) electrons. The number of nitrogens with one attached hydrogen (secondary N) is 1. The second-order valence-corrected chi connectivity index (χ2v) is 4.16. The van der Waals surface area contributed by atoms with Crippen molar-refractivity contribution in [3.05, 3.63) is 47.9 Å². The number of nitrogens with zero attached hydrogens (tertiary/aromatic N) is 2. The molecule has 1 N–H and O–H groups in total. The molecule has 0 amide bonds. The molecule has 0 spiro atoms. The maximum atomic E-state index is 13.4. The van der Waals surface area contributed by atoms with E-state index >= 15 is 0 Å². The van der Waals surface area contributed by atoms with Gasteiger partial charge in [-0.1, -0.05) is 6.07 Å². The van der Waals surface area contributed by atoms with Gasteiger partial charge in [-0.2, -0.15) is 9.37 Å². The number of benzene rings is 1. The summed E-state index contributed by atoms with van der Waals surface area (Å²) in [5.74, 6) is -3.96. The molecule has 1 aromatic carbocycles. The number of hydrogen-bond donors (Lipinski definition) is 1. The van der Waals surface area contributed by atoms with Gasteiger partial charge in [0.1, 0.15) is 0 Å². The predicted molar refractivity (Wildman–Crippen MR) is 68.2 cm³/mol. The minimum absolute atomic E-state index is 0.352. The van der Waals surface area contributed by atoms with Gasteiger partial charge in [-0.3, -0.25) is 0 Å². The normalized spacial score (nSPS) is 10.4. The molecule has 2 rings (SSSR count). The first kappa shape index (κ1) is 13.2. The third-order valence-corrected chi connectivity index (χ3v) is 2.51. The molecule has 0 atom stereocenters. The second-order valence-electron chi connectivity index (χ2n) is 4.16. The molecule has 0 saturated heterocycles. The van der Waals surface area contributed by atoms with E-state index in [1.807, 2.05) is 25.1 Å². The lowest BCUT2D eigenvalue weighted by molar-refractivity contribution is 0.467. The zero-order valence-electron chi connectivity index (χ0n) is 10.4. The van der Waals surface area contributed by atoms with Crippen LogP contribution in [-0.4, -0.2) is 19.1 Å². The maximum absolute atomic E-state index is 13.4. The van der Waals surface area contributed by atoms with Gasteiger partial charge in [-0.15, -0.1) is 0 Å². The van der Waals surface area contributed by atoms with Crippen LogP contribution in [0.1, 0.15) is 0 Å². The molecular formula is C13H12F3N3. The Labute approximate surface area is 108 Å². The van der Waals surface area contributed by atoms with Crippen molar-refractivity contribution in [3.63, 3.8) is 0 Å². The average molecular weight is 267 g/mol. The van der Waals surface area contributed by atoms with Gasteiger partial charge in [0.05, 0.1) is 0 Å². The third kappa shape index (κ3) is 2.96. The molecule has 3 nitrogen and oxygen atoms in total. The molecule has 1 aromatic heterocycles. The van der Waals surface area contributed by atoms with Crippen LogP contribution < -0.4 is 10.2 Å². The van der Waals surface area contributed by atoms with Gasteiger partial charge in [0.25, 0.3) is 5.95 Å². The Morgan fingerprint density at radius 1 is 1.05 bits per heavy atom. The molecule has 0 aliphatic heterocycles. The second kappa shape index (κ2) is 5.17. The summed E-state index contributed by atoms with van der Waals surface area (Å²) in [6.45, 7) is 0. The van der Waals surface area contributed by atoms with Crippen LogP contribution in [0, 0.1) is 17.6 Å². The van der Waals surface area contributed by atoms with E-state index in [9.17, 15) is 13.2 Å². The van der Waals surface area contributed by atoms with Crippen molar-refractivity contribution in [2.75, 3.05) is 24.3 Å². The largest absolute Gasteiger partial charge is 0.378 e. The van der Waals surface area contributed by atoms with E-state index in [-0.39, 0.29) is 5.82 Å². The first-order chi connectivity index (χ1) is 8.97. The van der Waals surface area contributed by atoms with Gasteiger partial charge in [-0.25, -0.2) is 8.78 Å². The van der Waals surface area contributed by atoms with Crippen LogP contribution in [0.4, 0.5) is 30.4 Å². The Kier molecular flexibility index (Phi) is 3.59. The lowest BCUT2D eigenvalue weighted by Gasteiger charge is -2.14. The number of hydrogen-bond acceptors (Lipinski definition) is 3. The monoisotopic (exact) mass is 267 g/mol. The van der Waals surface area contributed by atoms with E-state index in [0.29, 0.717) is 11.8 Å². The summed E-state index contributed by atoms with van der Waals surface area (Å²) in [6.07, 6.45) is 0. The molecule has 0 aliphatic carbocycles. The van der Waals surface area contributed by atoms with Crippen molar-refractivity contribution in [1.82, 2.24) is 4.98 Å². The fourth-order valence-corrected chi connectivity index (χ4v) is 1.53. The van der Waals surface area contributed by atoms with Crippen LogP contribution in [-0.2, 0) is 0 Å². The molecule has 0 fully saturated rings. The Morgan fingerprint density at radius 2 is 1.79 bits per heavy atom. The van der Waals surface area contributed by atoms with Gasteiger partial charge in [0.15, 0.2) is 17.5 Å². The number of anilines is 3. The fraction of sp³-hybridized carbons (Fsp3) is 0.154. The molecule has 2 aromatic rings. The number of rotatable bonds is 3. The topological polar surface area (TPSA) is 28.2 Å². The maximum Gasteiger partial charge on any atom is 0.251 e. The van der Waals surface area contributed by atoms with Crippen LogP contribution in [0.3, 0.4) is 0 Å². The van der Waals surface area contributed by atoms with Gasteiger partial charge in [0.2, 0.25) is 0 Å². The Bertz CT molecular complexity index is 600. The summed E-state index contributed by atoms with van der Waals surface area (Å²) in [7, 11) is 3.71. The zero-order valence-corrected chi connectivity index (χ0v) is 10.4. The van der Waals surface area contributed by atoms with Gasteiger partial charge < -0.3 is 10.2 Å². The highest BCUT2D eigenvalue weighted by molar-refractivity contribution is 5.63. The highest BCUT2D eigenvalue weighted by Gasteiger charge is 2.11. The van der Waals surface area contributed by atoms with Gasteiger partial charge in [0, 0.05) is 31.5 Å². The molecule has 0 unspecified atom stereocenters. The SMILES string of the molecule is CN(C)c1cccc(Nc2nc(F)c(F)cc2F)c1. The fourth-order valence-electron chi connectivity index (χ4n) is 1.53. The van der Waals surface area contributed by atoms with Crippen molar-refractivity contribution in [2.24, 2.45) is 0 Å². The molecule has 100 valence electrons. The lowest BCUT2D eigenvalue weighted by atomic mass is 10.2. The zero-order chi connectivity index (χ0) is 14.0. The van der Waals surface area contributed by atoms with E-state index in [0.717, 1.165) is 5.69 Å². The van der Waals surface area contributed by atoms with Crippen LogP contribution in [0.15, 0.2) is 30.3 Å². The van der Waals surface area contributed by atoms with Crippen molar-refractivity contribution in [3.8, 4) is 0 Å². The van der Waals surface area contributed by atoms with Gasteiger partial charge in [-0.05, 0) is 18.2 Å². The average Bonchev–Trinajstić information content (AvgIpc) is 2.36. The number of aromatic nitrogens is 1. The van der Waals surface area contributed by atoms with Crippen LogP contribution in [0.25, 0.3) is 0 Å². The van der Waals surface area contributed by atoms with Crippen molar-refractivity contribution >= 4 is 17.2 Å². The van der Waals surface area contributed by atoms with E-state index in [4.69, 9.17) is 0 Å². The summed E-state index contributed by atoms with van der Waals surface area (Å²) in [6, 6.07) is 7.49. The van der Waals surface area contributed by atoms with Crippen molar-refractivity contribution < 1.29 is 13.2 Å². The highest BCUT2D eigenvalue weighted by Crippen LogP contribution is 2.22. The molecule has 0 bridgehead atoms. The van der Waals surface area contributed by atoms with E-state index in [1.54, 1.807) is 18.2 Å². The first-order valence-electron chi connectivity index (χ1n) is 5.53. The standard InChI is InChI=1S/C13H12F3N3/c1-19(2)9-5-3-4-8(6-9)17-13-11(15)7-10(14)12(16)18-13/h3-7H,1-2H3,(H,17,18). The predicted octanol–water partition coefficient (Wildman–Crippen LogP) is 3.31. The Balaban J connectivity index is 2.31. The Morgan fingerprint density at radius 3 is 2.47 bits per heavy atom. The minimum Gasteiger partial charge on any atom is -0.378 e. The molecule has 0 saturated carbocycles. The number of pyridine rings is 1. The highest BCUT2D eigenvalue weighted by atomic mass is 19.2. The lowest BCUT2D eigenvalue weighted by Crippen LogP contribution is -2.09. The van der Waals surface area contributed by atoms with E-state index in [2.05, 4.69) is 10.3 Å². The summed E-state index contributed by atoms with van der Waals surface area (Å²) >= 11 is 0. The minimum atomic E-state index is -1.34. The molecule has 0 aliphatic rings. The molecule has 1 heterocycles. The Hall–Kier alpha value is -2.24. The summed E-state index contributed by atoms with van der Waals surface area (Å²) in [4.78, 5) is 5.06. The number of halogens is 3. The third-order valence-electron chi connectivity index (χ3n) is 2.51. The van der Waals surface area contributed by atoms with Crippen LogP contribution >= 0.6 is 0 Å². The summed E-state index contributed by atoms with van der Waals surface area (Å²) < 4.78 is 39.2. The summed E-state index contributed by atoms with van der Waals surface area (Å²) in [5, 5.41) is 2.62. The van der Waals surface area contributed by atoms with Crippen LogP contribution in [0.2, 0.25) is 0 Å². The van der Waals surface area contributed by atoms with E-state index < -0.39 is 17.6 Å².